The van der Waals surface area contributed by atoms with Crippen LogP contribution in [-0.2, 0) is 9.53 Å². The van der Waals surface area contributed by atoms with Crippen molar-refractivity contribution in [3.05, 3.63) is 0 Å². The van der Waals surface area contributed by atoms with Gasteiger partial charge < -0.3 is 9.64 Å². The Bertz CT molecular complexity index is 157. The summed E-state index contributed by atoms with van der Waals surface area (Å²) in [7, 11) is 0. The zero-order valence-electron chi connectivity index (χ0n) is 7.88. The fourth-order valence-electron chi connectivity index (χ4n) is 1.60. The van der Waals surface area contributed by atoms with E-state index >= 15 is 0 Å². The van der Waals surface area contributed by atoms with Gasteiger partial charge in [-0.1, -0.05) is 0 Å². The van der Waals surface area contributed by atoms with Crippen LogP contribution in [0.15, 0.2) is 0 Å². The number of hydrogen-bond donors (Lipinski definition) is 0. The molecule has 0 aromatic rings. The molecule has 1 atom stereocenters. The number of piperidine rings is 1. The second-order valence-corrected chi connectivity index (χ2v) is 3.18. The van der Waals surface area contributed by atoms with E-state index in [1.807, 2.05) is 11.8 Å². The van der Waals surface area contributed by atoms with Crippen molar-refractivity contribution in [1.29, 1.82) is 0 Å². The van der Waals surface area contributed by atoms with Crippen LogP contribution >= 0.6 is 0 Å². The van der Waals surface area contributed by atoms with Crippen molar-refractivity contribution >= 4 is 5.91 Å². The summed E-state index contributed by atoms with van der Waals surface area (Å²) in [4.78, 5) is 12.9. The predicted octanol–water partition coefficient (Wildman–Crippen LogP) is 1.03. The molecule has 0 aromatic carbocycles. The lowest BCUT2D eigenvalue weighted by molar-refractivity contribution is -0.132. The van der Waals surface area contributed by atoms with Gasteiger partial charge in [0.2, 0.25) is 5.91 Å². The van der Waals surface area contributed by atoms with Crippen LogP contribution in [0.25, 0.3) is 0 Å². The Morgan fingerprint density at radius 3 is 3.00 bits per heavy atom. The van der Waals surface area contributed by atoms with Crippen LogP contribution in [-0.4, -0.2) is 36.6 Å². The van der Waals surface area contributed by atoms with Gasteiger partial charge in [0.1, 0.15) is 0 Å². The first-order valence-corrected chi connectivity index (χ1v) is 4.61. The first kappa shape index (κ1) is 9.52. The molecule has 1 aliphatic heterocycles. The average molecular weight is 171 g/mol. The van der Waals surface area contributed by atoms with Crippen LogP contribution in [0, 0.1) is 0 Å². The Labute approximate surface area is 73.7 Å². The molecule has 0 radical (unpaired) electrons. The second-order valence-electron chi connectivity index (χ2n) is 3.18. The third-order valence-electron chi connectivity index (χ3n) is 2.23. The zero-order chi connectivity index (χ0) is 8.97. The molecule has 1 fully saturated rings. The van der Waals surface area contributed by atoms with Gasteiger partial charge >= 0.3 is 0 Å². The lowest BCUT2D eigenvalue weighted by Crippen LogP contribution is -2.42. The zero-order valence-corrected chi connectivity index (χ0v) is 7.88. The van der Waals surface area contributed by atoms with Crippen molar-refractivity contribution in [1.82, 2.24) is 4.90 Å². The standard InChI is InChI=1S/C9H17NO2/c1-3-12-9-5-4-6-10(7-9)8(2)11/h9H,3-7H2,1-2H3. The van der Waals surface area contributed by atoms with Crippen molar-refractivity contribution in [2.75, 3.05) is 19.7 Å². The summed E-state index contributed by atoms with van der Waals surface area (Å²) >= 11 is 0. The quantitative estimate of drug-likeness (QED) is 0.621. The number of nitrogens with zero attached hydrogens (tertiary/aromatic N) is 1. The summed E-state index contributed by atoms with van der Waals surface area (Å²) in [6.45, 7) is 6.04. The molecule has 1 saturated heterocycles. The molecule has 12 heavy (non-hydrogen) atoms. The maximum Gasteiger partial charge on any atom is 0.219 e. The van der Waals surface area contributed by atoms with Gasteiger partial charge in [0, 0.05) is 26.6 Å². The maximum atomic E-state index is 11.0. The number of ether oxygens (including phenoxy) is 1. The van der Waals surface area contributed by atoms with Gasteiger partial charge in [-0.05, 0) is 19.8 Å². The number of carbonyl (C=O) groups is 1. The maximum absolute atomic E-state index is 11.0. The van der Waals surface area contributed by atoms with Crippen LogP contribution in [0.4, 0.5) is 0 Å². The monoisotopic (exact) mass is 171 g/mol. The van der Waals surface area contributed by atoms with Crippen LogP contribution in [0.5, 0.6) is 0 Å². The van der Waals surface area contributed by atoms with E-state index < -0.39 is 0 Å². The van der Waals surface area contributed by atoms with Crippen molar-refractivity contribution < 1.29 is 9.53 Å². The highest BCUT2D eigenvalue weighted by Gasteiger charge is 2.21. The molecule has 1 aliphatic rings. The fraction of sp³-hybridized carbons (Fsp3) is 0.889. The van der Waals surface area contributed by atoms with E-state index in [2.05, 4.69) is 0 Å². The SMILES string of the molecule is CCOC1CCCN(C(C)=O)C1. The van der Waals surface area contributed by atoms with E-state index in [0.29, 0.717) is 0 Å². The van der Waals surface area contributed by atoms with Crippen molar-refractivity contribution in [3.63, 3.8) is 0 Å². The van der Waals surface area contributed by atoms with E-state index in [-0.39, 0.29) is 12.0 Å². The van der Waals surface area contributed by atoms with E-state index in [0.717, 1.165) is 32.5 Å². The van der Waals surface area contributed by atoms with E-state index in [4.69, 9.17) is 4.74 Å². The first-order valence-electron chi connectivity index (χ1n) is 4.61. The smallest absolute Gasteiger partial charge is 0.219 e. The van der Waals surface area contributed by atoms with Crippen molar-refractivity contribution in [2.24, 2.45) is 0 Å². The third-order valence-corrected chi connectivity index (χ3v) is 2.23. The van der Waals surface area contributed by atoms with Crippen LogP contribution in [0.3, 0.4) is 0 Å². The number of likely N-dealkylation sites (tertiary alicyclic amines) is 1. The topological polar surface area (TPSA) is 29.5 Å². The largest absolute Gasteiger partial charge is 0.377 e. The van der Waals surface area contributed by atoms with Crippen molar-refractivity contribution in [2.45, 2.75) is 32.8 Å². The molecule has 3 heteroatoms. The average Bonchev–Trinajstić information content (AvgIpc) is 2.05. The highest BCUT2D eigenvalue weighted by Crippen LogP contribution is 2.12. The lowest BCUT2D eigenvalue weighted by atomic mass is 10.1. The number of amides is 1. The summed E-state index contributed by atoms with van der Waals surface area (Å²) in [5.74, 6) is 0.166. The highest BCUT2D eigenvalue weighted by atomic mass is 16.5. The normalized spacial score (nSPS) is 24.2. The second kappa shape index (κ2) is 4.45. The molecule has 0 bridgehead atoms. The molecular weight excluding hydrogens is 154 g/mol. The summed E-state index contributed by atoms with van der Waals surface area (Å²) in [6.07, 6.45) is 2.44. The number of carbonyl (C=O) groups excluding carboxylic acids is 1. The highest BCUT2D eigenvalue weighted by molar-refractivity contribution is 5.73. The molecule has 3 nitrogen and oxygen atoms in total. The summed E-state index contributed by atoms with van der Waals surface area (Å²) in [5.41, 5.74) is 0. The summed E-state index contributed by atoms with van der Waals surface area (Å²) in [6, 6.07) is 0. The fourth-order valence-corrected chi connectivity index (χ4v) is 1.60. The number of rotatable bonds is 2. The van der Waals surface area contributed by atoms with Gasteiger partial charge in [0.05, 0.1) is 6.10 Å². The molecule has 0 spiro atoms. The minimum atomic E-state index is 0.166. The molecule has 1 amide bonds. The lowest BCUT2D eigenvalue weighted by Gasteiger charge is -2.31. The van der Waals surface area contributed by atoms with Gasteiger partial charge in [-0.15, -0.1) is 0 Å². The Morgan fingerprint density at radius 1 is 1.67 bits per heavy atom. The minimum Gasteiger partial charge on any atom is -0.377 e. The van der Waals surface area contributed by atoms with Crippen LogP contribution in [0.2, 0.25) is 0 Å². The van der Waals surface area contributed by atoms with Gasteiger partial charge in [0.15, 0.2) is 0 Å². The number of hydrogen-bond acceptors (Lipinski definition) is 2. The predicted molar refractivity (Wildman–Crippen MR) is 46.9 cm³/mol. The molecule has 0 aliphatic carbocycles. The molecule has 0 aromatic heterocycles. The van der Waals surface area contributed by atoms with E-state index in [1.165, 1.54) is 0 Å². The first-order chi connectivity index (χ1) is 5.74. The molecule has 70 valence electrons. The van der Waals surface area contributed by atoms with Crippen LogP contribution < -0.4 is 0 Å². The summed E-state index contributed by atoms with van der Waals surface area (Å²) in [5, 5.41) is 0. The molecule has 1 heterocycles. The molecule has 1 unspecified atom stereocenters. The Balaban J connectivity index is 2.35. The Morgan fingerprint density at radius 2 is 2.42 bits per heavy atom. The van der Waals surface area contributed by atoms with Gasteiger partial charge in [0.25, 0.3) is 0 Å². The molecule has 1 rings (SSSR count). The van der Waals surface area contributed by atoms with Crippen LogP contribution in [0.1, 0.15) is 26.7 Å². The van der Waals surface area contributed by atoms with Gasteiger partial charge in [-0.3, -0.25) is 4.79 Å². The van der Waals surface area contributed by atoms with E-state index in [9.17, 15) is 4.79 Å². The Kier molecular flexibility index (Phi) is 3.53. The molecule has 0 saturated carbocycles. The molecular formula is C9H17NO2. The van der Waals surface area contributed by atoms with Crippen molar-refractivity contribution in [3.8, 4) is 0 Å². The minimum absolute atomic E-state index is 0.166. The third kappa shape index (κ3) is 2.48. The van der Waals surface area contributed by atoms with Gasteiger partial charge in [-0.25, -0.2) is 0 Å². The Hall–Kier alpha value is -0.570. The van der Waals surface area contributed by atoms with Gasteiger partial charge in [-0.2, -0.15) is 0 Å². The summed E-state index contributed by atoms with van der Waals surface area (Å²) < 4.78 is 5.47. The van der Waals surface area contributed by atoms with E-state index in [1.54, 1.807) is 6.92 Å². The molecule has 0 N–H and O–H groups in total.